The lowest BCUT2D eigenvalue weighted by Crippen LogP contribution is -2.48. The van der Waals surface area contributed by atoms with Crippen LogP contribution < -0.4 is 49.8 Å². The zero-order valence-corrected chi connectivity index (χ0v) is 97.4. The fourth-order valence-electron chi connectivity index (χ4n) is 22.0. The number of methoxy groups -OCH3 is 3. The van der Waals surface area contributed by atoms with E-state index >= 15 is 0 Å². The number of carbonyl (C=O) groups excluding carboxylic acids is 4. The number of alkyl halides is 5. The van der Waals surface area contributed by atoms with Gasteiger partial charge in [-0.15, -0.1) is 105 Å². The van der Waals surface area contributed by atoms with Crippen LogP contribution in [0.4, 0.5) is 45.5 Å². The molecule has 12 aliphatic rings. The second-order valence-corrected chi connectivity index (χ2v) is 51.0. The summed E-state index contributed by atoms with van der Waals surface area (Å²) in [5, 5.41) is 21.1. The molecular formula is C107H141BBr4Cl6N12O8S4. The number of anilines is 8. The highest BCUT2D eigenvalue weighted by Crippen LogP contribution is 2.60. The number of carbonyl (C=O) groups is 4. The molecule has 20 nitrogen and oxygen atoms in total. The van der Waals surface area contributed by atoms with Crippen LogP contribution in [-0.2, 0) is 4.79 Å². The van der Waals surface area contributed by atoms with Gasteiger partial charge in [-0.25, -0.2) is 0 Å². The van der Waals surface area contributed by atoms with Gasteiger partial charge in [-0.05, 0) is 311 Å². The molecule has 0 saturated carbocycles. The molecule has 12 aliphatic heterocycles. The number of phenols is 1. The van der Waals surface area contributed by atoms with E-state index in [1.165, 1.54) is 121 Å². The summed E-state index contributed by atoms with van der Waals surface area (Å²) in [7, 11) is 9.85. The van der Waals surface area contributed by atoms with Gasteiger partial charge in [0.15, 0.2) is 0 Å². The Kier molecular flexibility index (Phi) is 47.0. The Hall–Kier alpha value is -4.84. The van der Waals surface area contributed by atoms with Gasteiger partial charge in [-0.2, -0.15) is 0 Å². The molecule has 8 aromatic carbocycles. The van der Waals surface area contributed by atoms with E-state index in [0.29, 0.717) is 84.8 Å². The van der Waals surface area contributed by atoms with E-state index in [-0.39, 0.29) is 56.1 Å². The largest absolute Gasteiger partial charge is 0.507 e. The second-order valence-electron chi connectivity index (χ2n) is 36.7. The molecule has 0 aliphatic carbocycles. The highest BCUT2D eigenvalue weighted by Gasteiger charge is 2.47. The Morgan fingerprint density at radius 3 is 0.951 bits per heavy atom. The van der Waals surface area contributed by atoms with E-state index in [9.17, 15) is 24.3 Å². The number of halogens is 10. The van der Waals surface area contributed by atoms with Crippen LogP contribution in [0.2, 0.25) is 0 Å². The van der Waals surface area contributed by atoms with Crippen LogP contribution >= 0.6 is 180 Å². The van der Waals surface area contributed by atoms with Crippen molar-refractivity contribution in [2.75, 3.05) is 118 Å². The van der Waals surface area contributed by atoms with Crippen LogP contribution in [0.15, 0.2) is 189 Å². The quantitative estimate of drug-likeness (QED) is 0.0321. The first-order valence-corrected chi connectivity index (χ1v) is 59.2. The van der Waals surface area contributed by atoms with Gasteiger partial charge in [0.25, 0.3) is 17.7 Å². The van der Waals surface area contributed by atoms with Gasteiger partial charge in [0.2, 0.25) is 5.24 Å². The molecule has 9 unspecified atom stereocenters. The Morgan fingerprint density at radius 1 is 0.423 bits per heavy atom. The zero-order valence-electron chi connectivity index (χ0n) is 83.3. The van der Waals surface area contributed by atoms with E-state index in [1.807, 2.05) is 110 Å². The van der Waals surface area contributed by atoms with E-state index in [0.717, 1.165) is 151 Å². The fourth-order valence-corrected chi connectivity index (χ4v) is 27.7. The summed E-state index contributed by atoms with van der Waals surface area (Å²) in [4.78, 5) is 78.9. The molecule has 0 radical (unpaired) electrons. The molecular weight excluding hydrogens is 2250 g/mol. The molecule has 774 valence electrons. The summed E-state index contributed by atoms with van der Waals surface area (Å²) < 4.78 is 18.6. The summed E-state index contributed by atoms with van der Waals surface area (Å²) in [6.45, 7) is 24.6. The maximum atomic E-state index is 13.0. The first kappa shape index (κ1) is 117. The van der Waals surface area contributed by atoms with Crippen molar-refractivity contribution in [3.8, 4) is 23.0 Å². The number of nitrogens with zero attached hydrogens (tertiary/aromatic N) is 9. The van der Waals surface area contributed by atoms with Gasteiger partial charge in [-0.1, -0.05) is 109 Å². The summed E-state index contributed by atoms with van der Waals surface area (Å²) in [5.41, 5.74) is 12.0. The summed E-state index contributed by atoms with van der Waals surface area (Å²) in [5.74, 6) is 3.36. The summed E-state index contributed by atoms with van der Waals surface area (Å²) >= 11 is 49.2. The van der Waals surface area contributed by atoms with Gasteiger partial charge in [0.1, 0.15) is 23.0 Å². The Bertz CT molecular complexity index is 5440. The van der Waals surface area contributed by atoms with Crippen LogP contribution in [0.1, 0.15) is 210 Å². The van der Waals surface area contributed by atoms with Gasteiger partial charge >= 0.3 is 3.18 Å². The number of aromatic hydroxyl groups is 1. The number of amides is 3. The SMILES string of the molecule is BrB(Br)Br.C.CC(Cl)CC(=O)Cl.CCN(CC)C(=O)c1ccc2c(c1)Sc1c(O)cccc1N2C1CC2CCC(C1)N2.CCN(CC)C(=O)c1ccc2c(c1)Sc1c(OC)cccc1N2C1CC2CCC(C1)N2.CCN(CC)C(=O)c1ccc2c(c1)Sc1c(OC)cccc1N2C1CC2CCC(C1)N2C.CCNCC.COc1cccc2c1Sc1cc(Br)ccc1N2C1CC2CCC(C1)N2C.ClCCl.ClCCl. The van der Waals surface area contributed by atoms with Crippen molar-refractivity contribution in [1.82, 2.24) is 40.4 Å². The van der Waals surface area contributed by atoms with Gasteiger partial charge in [0.05, 0.1) is 97.1 Å². The van der Waals surface area contributed by atoms with Gasteiger partial charge < -0.3 is 79.4 Å². The number of phenolic OH excluding ortho intramolecular Hbond substituents is 1. The maximum absolute atomic E-state index is 13.0. The van der Waals surface area contributed by atoms with Crippen LogP contribution in [0, 0.1) is 0 Å². The standard InChI is InChI=1S/C26H33N3O2S.C25H31N3O2S.C24H29N3O2S.C21H23BrN2OS.C4H6Cl2O.C4H11N.2CH2Cl2.CH4.BBr3/c1-5-28(6-2)26(30)17-10-13-21-24(14-17)32-25-22(8-7-9-23(25)31-4)29(21)20-15-18-11-12-19(16-20)27(18)3;1-4-27(5-2)25(29)16-9-12-20-23(13-16)31-24-21(7-6-8-22(24)30-3)28(20)19-14-17-10-11-18(15-19)26-17;1-3-26(4-2)24(29)15-8-11-19-22(12-15)30-23-20(6-5-7-21(23)28)27(19)18-13-16-9-10-17(14-18)25-16;1-23-14-7-8-15(23)12-16(11-14)24-17-9-6-13(22)10-20(17)26-21-18(24)4-3-5-19(21)25-2;1-3(5)2-4(6)7;1-3-5-4-2;2*2-1-3;;2-1(3)4/h7-10,13-14,18-20H,5-6,11-12,15-16H2,1-4H3;6-9,12-13,17-19,26H,4-5,10-11,14-15H2,1-3H3;5-8,11-12,16-18,25,28H,3-4,9-10,13-14H2,1-2H3;3-6,9-10,14-16H,7-8,11-12H2,1-2H3;3H,2H2,1H3;5H,3-4H2,1-2H3;2*1H2;1H4;. The highest BCUT2D eigenvalue weighted by atomic mass is 79.9. The molecule has 8 aromatic rings. The van der Waals surface area contributed by atoms with Crippen LogP contribution in [0.3, 0.4) is 0 Å². The summed E-state index contributed by atoms with van der Waals surface area (Å²) in [6, 6.07) is 57.3. The molecule has 8 bridgehead atoms. The van der Waals surface area contributed by atoms with Crippen molar-refractivity contribution >= 4 is 252 Å². The normalized spacial score (nSPS) is 22.2. The molecule has 12 heterocycles. The third-order valence-electron chi connectivity index (χ3n) is 28.6. The van der Waals surface area contributed by atoms with E-state index < -0.39 is 0 Å². The Morgan fingerprint density at radius 2 is 0.690 bits per heavy atom. The molecule has 8 fully saturated rings. The lowest BCUT2D eigenvalue weighted by Gasteiger charge is -2.45. The van der Waals surface area contributed by atoms with Crippen molar-refractivity contribution in [2.45, 2.75) is 296 Å². The average molecular weight is 2390 g/mol. The predicted molar refractivity (Wildman–Crippen MR) is 616 cm³/mol. The Balaban J connectivity index is 0.000000168. The number of rotatable bonds is 20. The predicted octanol–water partition coefficient (Wildman–Crippen LogP) is 28.9. The smallest absolute Gasteiger partial charge is 0.369 e. The minimum absolute atomic E-state index is 0. The second kappa shape index (κ2) is 56.9. The lowest BCUT2D eigenvalue weighted by atomic mass is 9.95. The minimum Gasteiger partial charge on any atom is -0.507 e. The van der Waals surface area contributed by atoms with Gasteiger partial charge in [-0.3, -0.25) is 19.2 Å². The third-order valence-corrected chi connectivity index (χ3v) is 34.0. The molecule has 35 heteroatoms. The number of ether oxygens (including phenoxy) is 3. The van der Waals surface area contributed by atoms with E-state index in [1.54, 1.807) is 69.6 Å². The van der Waals surface area contributed by atoms with Crippen LogP contribution in [0.5, 0.6) is 23.0 Å². The third kappa shape index (κ3) is 28.7. The van der Waals surface area contributed by atoms with Crippen molar-refractivity contribution < 1.29 is 38.5 Å². The molecule has 8 saturated heterocycles. The van der Waals surface area contributed by atoms with E-state index in [2.05, 4.69) is 234 Å². The number of fused-ring (bicyclic) bond motifs is 16. The molecule has 142 heavy (non-hydrogen) atoms. The number of benzene rings is 8. The van der Waals surface area contributed by atoms with Crippen molar-refractivity contribution in [3.63, 3.8) is 0 Å². The molecule has 4 N–H and O–H groups in total. The first-order chi connectivity index (χ1) is 68.0. The minimum atomic E-state index is -0.373. The van der Waals surface area contributed by atoms with E-state index in [4.69, 9.17) is 83.8 Å². The fraction of sp³-hybridized carbons (Fsp3) is 0.514. The maximum Gasteiger partial charge on any atom is 0.369 e. The molecule has 0 aromatic heterocycles. The van der Waals surface area contributed by atoms with Gasteiger partial charge in [0, 0.05) is 164 Å². The summed E-state index contributed by atoms with van der Waals surface area (Å²) in [6.07, 6.45) is 19.9. The van der Waals surface area contributed by atoms with Crippen LogP contribution in [0.25, 0.3) is 0 Å². The molecule has 20 rings (SSSR count). The van der Waals surface area contributed by atoms with Crippen molar-refractivity contribution in [1.29, 1.82) is 0 Å². The molecule has 0 spiro atoms. The zero-order chi connectivity index (χ0) is 102. The average Bonchev–Trinajstić information content (AvgIpc) is 1.28. The highest BCUT2D eigenvalue weighted by molar-refractivity contribution is 9.69. The van der Waals surface area contributed by atoms with Crippen molar-refractivity contribution in [3.05, 3.63) is 167 Å². The Labute approximate surface area is 925 Å². The molecule has 9 atom stereocenters. The van der Waals surface area contributed by atoms with Crippen LogP contribution in [-0.4, -0.2) is 232 Å². The lowest BCUT2D eigenvalue weighted by molar-refractivity contribution is -0.111. The molecule has 3 amide bonds. The monoisotopic (exact) mass is 2390 g/mol. The van der Waals surface area contributed by atoms with Crippen molar-refractivity contribution in [2.24, 2.45) is 0 Å². The topological polar surface area (TPSA) is 181 Å². The number of hydrogen-bond acceptors (Lipinski definition) is 21. The number of piperidine rings is 4. The number of nitrogens with one attached hydrogen (secondary N) is 3. The number of hydrogen-bond donors (Lipinski definition) is 4. The first-order valence-electron chi connectivity index (χ1n) is 49.5.